The van der Waals surface area contributed by atoms with E-state index in [1.807, 2.05) is 42.8 Å². The normalized spacial score (nSPS) is 10.8. The molecule has 0 fully saturated rings. The standard InChI is InChI=1S/C14H15N5OS/c1-10-8-13(18(2)16-10)15-14(20)9-19-6-5-11(17-19)12-4-3-7-21-12/h3-8H,9H2,1-2H3,(H,15,20). The molecule has 7 heteroatoms. The molecular weight excluding hydrogens is 286 g/mol. The van der Waals surface area contributed by atoms with Crippen molar-refractivity contribution in [2.75, 3.05) is 5.32 Å². The van der Waals surface area contributed by atoms with Crippen LogP contribution >= 0.6 is 11.3 Å². The number of nitrogens with zero attached hydrogens (tertiary/aromatic N) is 4. The topological polar surface area (TPSA) is 64.7 Å². The Morgan fingerprint density at radius 3 is 2.90 bits per heavy atom. The average Bonchev–Trinajstić information content (AvgIpc) is 3.11. The van der Waals surface area contributed by atoms with Crippen LogP contribution in [0.4, 0.5) is 5.82 Å². The lowest BCUT2D eigenvalue weighted by Crippen LogP contribution is -2.20. The summed E-state index contributed by atoms with van der Waals surface area (Å²) < 4.78 is 3.28. The van der Waals surface area contributed by atoms with Crippen LogP contribution in [0.3, 0.4) is 0 Å². The maximum absolute atomic E-state index is 12.0. The summed E-state index contributed by atoms with van der Waals surface area (Å²) in [6.45, 7) is 2.06. The molecule has 0 saturated carbocycles. The zero-order valence-corrected chi connectivity index (χ0v) is 12.6. The Balaban J connectivity index is 1.66. The molecule has 0 aliphatic heterocycles. The van der Waals surface area contributed by atoms with Crippen molar-refractivity contribution < 1.29 is 4.79 Å². The van der Waals surface area contributed by atoms with Gasteiger partial charge in [-0.2, -0.15) is 10.2 Å². The highest BCUT2D eigenvalue weighted by Gasteiger charge is 2.09. The summed E-state index contributed by atoms with van der Waals surface area (Å²) in [4.78, 5) is 13.1. The van der Waals surface area contributed by atoms with Crippen molar-refractivity contribution in [3.8, 4) is 10.6 Å². The SMILES string of the molecule is Cc1cc(NC(=O)Cn2ccc(-c3cccs3)n2)n(C)n1. The number of hydrogen-bond donors (Lipinski definition) is 1. The lowest BCUT2D eigenvalue weighted by molar-refractivity contribution is -0.116. The second kappa shape index (κ2) is 5.53. The number of thiophene rings is 1. The molecule has 1 N–H and O–H groups in total. The van der Waals surface area contributed by atoms with Crippen LogP contribution < -0.4 is 5.32 Å². The van der Waals surface area contributed by atoms with E-state index in [1.165, 1.54) is 0 Å². The van der Waals surface area contributed by atoms with Gasteiger partial charge >= 0.3 is 0 Å². The fourth-order valence-corrected chi connectivity index (χ4v) is 2.75. The molecule has 0 aliphatic carbocycles. The number of carbonyl (C=O) groups is 1. The van der Waals surface area contributed by atoms with E-state index in [9.17, 15) is 4.79 Å². The number of hydrogen-bond acceptors (Lipinski definition) is 4. The van der Waals surface area contributed by atoms with Crippen LogP contribution in [-0.2, 0) is 18.4 Å². The molecule has 0 atom stereocenters. The third-order valence-corrected chi connectivity index (χ3v) is 3.88. The molecule has 21 heavy (non-hydrogen) atoms. The first-order valence-electron chi connectivity index (χ1n) is 6.49. The Morgan fingerprint density at radius 2 is 2.24 bits per heavy atom. The van der Waals surface area contributed by atoms with E-state index in [4.69, 9.17) is 0 Å². The highest BCUT2D eigenvalue weighted by Crippen LogP contribution is 2.22. The van der Waals surface area contributed by atoms with Crippen LogP contribution in [0.25, 0.3) is 10.6 Å². The lowest BCUT2D eigenvalue weighted by atomic mass is 10.3. The van der Waals surface area contributed by atoms with E-state index in [2.05, 4.69) is 15.5 Å². The van der Waals surface area contributed by atoms with Gasteiger partial charge in [0.15, 0.2) is 0 Å². The molecule has 0 spiro atoms. The number of rotatable bonds is 4. The van der Waals surface area contributed by atoms with Crippen molar-refractivity contribution in [2.45, 2.75) is 13.5 Å². The monoisotopic (exact) mass is 301 g/mol. The van der Waals surface area contributed by atoms with Crippen molar-refractivity contribution in [3.05, 3.63) is 41.5 Å². The Bertz CT molecular complexity index is 756. The Hall–Kier alpha value is -2.41. The Kier molecular flexibility index (Phi) is 3.57. The average molecular weight is 301 g/mol. The summed E-state index contributed by atoms with van der Waals surface area (Å²) in [6.07, 6.45) is 1.81. The molecule has 108 valence electrons. The van der Waals surface area contributed by atoms with Crippen LogP contribution in [0.2, 0.25) is 0 Å². The molecule has 0 unspecified atom stereocenters. The van der Waals surface area contributed by atoms with Crippen molar-refractivity contribution in [1.82, 2.24) is 19.6 Å². The van der Waals surface area contributed by atoms with Crippen LogP contribution in [-0.4, -0.2) is 25.5 Å². The molecule has 3 heterocycles. The molecule has 3 aromatic heterocycles. The van der Waals surface area contributed by atoms with Gasteiger partial charge < -0.3 is 5.32 Å². The fraction of sp³-hybridized carbons (Fsp3) is 0.214. The maximum Gasteiger partial charge on any atom is 0.247 e. The molecule has 0 aromatic carbocycles. The quantitative estimate of drug-likeness (QED) is 0.804. The van der Waals surface area contributed by atoms with Crippen LogP contribution in [0.15, 0.2) is 35.8 Å². The number of anilines is 1. The predicted octanol–water partition coefficient (Wildman–Crippen LogP) is 2.29. The molecule has 6 nitrogen and oxygen atoms in total. The number of aromatic nitrogens is 4. The van der Waals surface area contributed by atoms with E-state index in [1.54, 1.807) is 27.7 Å². The van der Waals surface area contributed by atoms with E-state index < -0.39 is 0 Å². The van der Waals surface area contributed by atoms with E-state index in [-0.39, 0.29) is 12.5 Å². The number of amides is 1. The van der Waals surface area contributed by atoms with Gasteiger partial charge in [0.2, 0.25) is 5.91 Å². The van der Waals surface area contributed by atoms with Gasteiger partial charge in [0, 0.05) is 19.3 Å². The Labute approximate surface area is 126 Å². The van der Waals surface area contributed by atoms with Gasteiger partial charge in [-0.15, -0.1) is 11.3 Å². The van der Waals surface area contributed by atoms with E-state index in [0.29, 0.717) is 5.82 Å². The summed E-state index contributed by atoms with van der Waals surface area (Å²) in [5, 5.41) is 13.4. The maximum atomic E-state index is 12.0. The van der Waals surface area contributed by atoms with Crippen LogP contribution in [0.1, 0.15) is 5.69 Å². The summed E-state index contributed by atoms with van der Waals surface area (Å²) in [5.41, 5.74) is 1.75. The first-order valence-corrected chi connectivity index (χ1v) is 7.37. The number of aryl methyl sites for hydroxylation is 2. The summed E-state index contributed by atoms with van der Waals surface area (Å²) in [7, 11) is 1.80. The van der Waals surface area contributed by atoms with Crippen molar-refractivity contribution in [3.63, 3.8) is 0 Å². The molecule has 3 rings (SSSR count). The van der Waals surface area contributed by atoms with Crippen LogP contribution in [0, 0.1) is 6.92 Å². The van der Waals surface area contributed by atoms with Gasteiger partial charge in [-0.05, 0) is 24.4 Å². The molecule has 1 amide bonds. The number of nitrogens with one attached hydrogen (secondary N) is 1. The molecular formula is C14H15N5OS. The summed E-state index contributed by atoms with van der Waals surface area (Å²) in [5.74, 6) is 0.557. The lowest BCUT2D eigenvalue weighted by Gasteiger charge is -2.05. The molecule has 3 aromatic rings. The summed E-state index contributed by atoms with van der Waals surface area (Å²) >= 11 is 1.63. The van der Waals surface area contributed by atoms with E-state index >= 15 is 0 Å². The highest BCUT2D eigenvalue weighted by atomic mass is 32.1. The smallest absolute Gasteiger partial charge is 0.247 e. The van der Waals surface area contributed by atoms with Gasteiger partial charge in [0.25, 0.3) is 0 Å². The van der Waals surface area contributed by atoms with E-state index in [0.717, 1.165) is 16.3 Å². The second-order valence-electron chi connectivity index (χ2n) is 4.72. The molecule has 0 aliphatic rings. The second-order valence-corrected chi connectivity index (χ2v) is 5.67. The minimum absolute atomic E-state index is 0.126. The minimum Gasteiger partial charge on any atom is -0.309 e. The zero-order chi connectivity index (χ0) is 14.8. The summed E-state index contributed by atoms with van der Waals surface area (Å²) in [6, 6.07) is 7.73. The first-order chi connectivity index (χ1) is 10.1. The molecule has 0 radical (unpaired) electrons. The molecule has 0 saturated heterocycles. The zero-order valence-electron chi connectivity index (χ0n) is 11.8. The largest absolute Gasteiger partial charge is 0.309 e. The highest BCUT2D eigenvalue weighted by molar-refractivity contribution is 7.13. The van der Waals surface area contributed by atoms with Gasteiger partial charge in [-0.25, -0.2) is 0 Å². The van der Waals surface area contributed by atoms with Crippen molar-refractivity contribution >= 4 is 23.1 Å². The molecule has 0 bridgehead atoms. The Morgan fingerprint density at radius 1 is 1.38 bits per heavy atom. The van der Waals surface area contributed by atoms with Gasteiger partial charge in [-0.1, -0.05) is 6.07 Å². The number of carbonyl (C=O) groups excluding carboxylic acids is 1. The van der Waals surface area contributed by atoms with Crippen molar-refractivity contribution in [1.29, 1.82) is 0 Å². The third kappa shape index (κ3) is 3.03. The van der Waals surface area contributed by atoms with Gasteiger partial charge in [-0.3, -0.25) is 14.2 Å². The van der Waals surface area contributed by atoms with Crippen molar-refractivity contribution in [2.24, 2.45) is 7.05 Å². The minimum atomic E-state index is -0.126. The van der Waals surface area contributed by atoms with Gasteiger partial charge in [0.1, 0.15) is 18.1 Å². The van der Waals surface area contributed by atoms with Gasteiger partial charge in [0.05, 0.1) is 10.6 Å². The third-order valence-electron chi connectivity index (χ3n) is 2.99. The first kappa shape index (κ1) is 13.6. The fourth-order valence-electron chi connectivity index (χ4n) is 2.06. The predicted molar refractivity (Wildman–Crippen MR) is 82.1 cm³/mol. The van der Waals surface area contributed by atoms with Crippen LogP contribution in [0.5, 0.6) is 0 Å².